The number of pyridine rings is 1. The summed E-state index contributed by atoms with van der Waals surface area (Å²) in [6, 6.07) is 8.05. The number of hydrogen-bond donors (Lipinski definition) is 1. The molecule has 1 aromatic carbocycles. The number of ether oxygens (including phenoxy) is 2. The first-order valence-electron chi connectivity index (χ1n) is 13.2. The Morgan fingerprint density at radius 1 is 1.21 bits per heavy atom. The highest BCUT2D eigenvalue weighted by atomic mass is 16.6. The molecule has 204 valence electrons. The van der Waals surface area contributed by atoms with Crippen LogP contribution < -0.4 is 5.73 Å². The largest absolute Gasteiger partial charge is 0.444 e. The number of aryl methyl sites for hydroxylation is 2. The summed E-state index contributed by atoms with van der Waals surface area (Å²) in [6.07, 6.45) is 4.96. The highest BCUT2D eigenvalue weighted by Gasteiger charge is 2.38. The van der Waals surface area contributed by atoms with Gasteiger partial charge < -0.3 is 29.2 Å². The van der Waals surface area contributed by atoms with Crippen molar-refractivity contribution in [3.8, 4) is 11.8 Å². The van der Waals surface area contributed by atoms with E-state index < -0.39 is 5.60 Å². The molecule has 1 aliphatic rings. The van der Waals surface area contributed by atoms with Crippen LogP contribution in [-0.4, -0.2) is 62.0 Å². The number of carbonyl (C=O) groups is 1. The fraction of sp³-hybridized carbons (Fsp3) is 0.433. The van der Waals surface area contributed by atoms with E-state index in [9.17, 15) is 4.79 Å². The Hall–Kier alpha value is -4.03. The number of hydrogen-bond acceptors (Lipinski definition) is 6. The van der Waals surface area contributed by atoms with Crippen molar-refractivity contribution in [2.75, 3.05) is 26.0 Å². The molecule has 1 fully saturated rings. The number of nitrogens with two attached hydrogens (primary N) is 1. The Labute approximate surface area is 228 Å². The molecule has 0 saturated carbocycles. The predicted molar refractivity (Wildman–Crippen MR) is 152 cm³/mol. The monoisotopic (exact) mass is 528 g/mol. The van der Waals surface area contributed by atoms with Gasteiger partial charge in [0.25, 0.3) is 0 Å². The fourth-order valence-corrected chi connectivity index (χ4v) is 5.33. The van der Waals surface area contributed by atoms with E-state index in [1.54, 1.807) is 13.3 Å². The number of anilines is 1. The van der Waals surface area contributed by atoms with E-state index in [0.717, 1.165) is 51.7 Å². The van der Waals surface area contributed by atoms with Gasteiger partial charge in [0.2, 0.25) is 0 Å². The molecule has 2 N–H and O–H groups in total. The van der Waals surface area contributed by atoms with Crippen molar-refractivity contribution in [2.24, 2.45) is 7.05 Å². The molecule has 0 aliphatic carbocycles. The summed E-state index contributed by atoms with van der Waals surface area (Å²) in [5.74, 6) is 8.02. The number of fused-ring (bicyclic) bond motifs is 2. The van der Waals surface area contributed by atoms with Gasteiger partial charge in [-0.2, -0.15) is 0 Å². The zero-order valence-corrected chi connectivity index (χ0v) is 23.5. The van der Waals surface area contributed by atoms with E-state index in [4.69, 9.17) is 15.2 Å². The topological polar surface area (TPSA) is 100 Å². The fourth-order valence-electron chi connectivity index (χ4n) is 5.33. The Balaban J connectivity index is 1.50. The van der Waals surface area contributed by atoms with Crippen LogP contribution in [0.1, 0.15) is 56.6 Å². The molecule has 39 heavy (non-hydrogen) atoms. The molecule has 0 unspecified atom stereocenters. The van der Waals surface area contributed by atoms with Crippen LogP contribution in [0.15, 0.2) is 36.7 Å². The number of nitrogens with zero attached hydrogens (tertiary/aromatic N) is 5. The third-order valence-corrected chi connectivity index (χ3v) is 7.29. The van der Waals surface area contributed by atoms with E-state index in [1.807, 2.05) is 70.1 Å². The molecular weight excluding hydrogens is 492 g/mol. The van der Waals surface area contributed by atoms with Crippen LogP contribution >= 0.6 is 0 Å². The number of benzene rings is 1. The Bertz CT molecular complexity index is 1600. The summed E-state index contributed by atoms with van der Waals surface area (Å²) >= 11 is 0. The zero-order valence-electron chi connectivity index (χ0n) is 23.5. The highest BCUT2D eigenvalue weighted by molar-refractivity contribution is 5.95. The number of aromatic nitrogens is 4. The molecule has 5 rings (SSSR count). The molecule has 4 heterocycles. The molecule has 9 heteroatoms. The van der Waals surface area contributed by atoms with Crippen molar-refractivity contribution in [1.82, 2.24) is 24.0 Å². The van der Waals surface area contributed by atoms with E-state index in [-0.39, 0.29) is 18.2 Å². The number of likely N-dealkylation sites (tertiary alicyclic amines) is 1. The van der Waals surface area contributed by atoms with E-state index in [2.05, 4.69) is 30.9 Å². The van der Waals surface area contributed by atoms with E-state index >= 15 is 0 Å². The van der Waals surface area contributed by atoms with E-state index in [1.165, 1.54) is 0 Å². The molecular formula is C30H36N6O3. The lowest BCUT2D eigenvalue weighted by molar-refractivity contribution is 0.0198. The number of carbonyl (C=O) groups excluding carboxylic acids is 1. The molecule has 9 nitrogen and oxygen atoms in total. The number of methoxy groups -OCH3 is 1. The lowest BCUT2D eigenvalue weighted by Gasteiger charge is -2.28. The standard InChI is InChI=1S/C30H36N6O3/c1-19-33-24-15-20(8-10-25(24)34(19)5)7-9-21-17-35(26-11-13-32-28(31)27(21)26)23-16-22(12-14-38-6)36(18-23)29(37)39-30(2,3)4/h8,10-11,13,15,17,22-23H,12,14,16,18H2,1-6H3,(H2,31,32)/t22-,23-/m0/s1. The molecule has 0 radical (unpaired) electrons. The highest BCUT2D eigenvalue weighted by Crippen LogP contribution is 2.35. The maximum absolute atomic E-state index is 13.1. The Morgan fingerprint density at radius 2 is 2.00 bits per heavy atom. The summed E-state index contributed by atoms with van der Waals surface area (Å²) < 4.78 is 15.3. The van der Waals surface area contributed by atoms with Crippen molar-refractivity contribution in [2.45, 2.75) is 58.2 Å². The Morgan fingerprint density at radius 3 is 2.74 bits per heavy atom. The summed E-state index contributed by atoms with van der Waals surface area (Å²) in [5.41, 5.74) is 10.4. The summed E-state index contributed by atoms with van der Waals surface area (Å²) in [5, 5.41) is 0.823. The van der Waals surface area contributed by atoms with Gasteiger partial charge in [0.15, 0.2) is 0 Å². The average molecular weight is 529 g/mol. The van der Waals surface area contributed by atoms with Gasteiger partial charge in [-0.3, -0.25) is 0 Å². The first-order valence-corrected chi connectivity index (χ1v) is 13.2. The summed E-state index contributed by atoms with van der Waals surface area (Å²) in [6.45, 7) is 8.73. The van der Waals surface area contributed by atoms with Gasteiger partial charge in [-0.1, -0.05) is 11.8 Å². The maximum Gasteiger partial charge on any atom is 0.410 e. The maximum atomic E-state index is 13.1. The second kappa shape index (κ2) is 10.3. The van der Waals surface area contributed by atoms with Gasteiger partial charge in [-0.15, -0.1) is 0 Å². The number of rotatable bonds is 4. The predicted octanol–water partition coefficient (Wildman–Crippen LogP) is 4.80. The first-order chi connectivity index (χ1) is 18.6. The number of nitrogen functional groups attached to an aromatic ring is 1. The third kappa shape index (κ3) is 5.30. The van der Waals surface area contributed by atoms with Crippen molar-refractivity contribution < 1.29 is 14.3 Å². The summed E-state index contributed by atoms with van der Waals surface area (Å²) in [7, 11) is 3.69. The molecule has 2 atom stereocenters. The molecule has 0 bridgehead atoms. The molecule has 1 amide bonds. The molecule has 4 aromatic rings. The van der Waals surface area contributed by atoms with Crippen LogP contribution in [0.25, 0.3) is 21.9 Å². The number of amides is 1. The smallest absolute Gasteiger partial charge is 0.410 e. The first kappa shape index (κ1) is 26.6. The number of imidazole rings is 1. The van der Waals surface area contributed by atoms with Gasteiger partial charge in [0.05, 0.1) is 33.5 Å². The van der Waals surface area contributed by atoms with Crippen molar-refractivity contribution in [3.05, 3.63) is 53.6 Å². The van der Waals surface area contributed by atoms with Gasteiger partial charge in [0.1, 0.15) is 17.2 Å². The quantitative estimate of drug-likeness (QED) is 0.382. The molecule has 1 aliphatic heterocycles. The van der Waals surface area contributed by atoms with Crippen LogP contribution in [0.4, 0.5) is 10.6 Å². The zero-order chi connectivity index (χ0) is 27.9. The van der Waals surface area contributed by atoms with Crippen molar-refractivity contribution >= 4 is 33.8 Å². The average Bonchev–Trinajstić information content (AvgIpc) is 3.54. The molecule has 1 saturated heterocycles. The minimum Gasteiger partial charge on any atom is -0.444 e. The normalized spacial score (nSPS) is 17.5. The second-order valence-electron chi connectivity index (χ2n) is 11.2. The van der Waals surface area contributed by atoms with E-state index in [0.29, 0.717) is 19.0 Å². The van der Waals surface area contributed by atoms with Crippen LogP contribution in [-0.2, 0) is 16.5 Å². The van der Waals surface area contributed by atoms with Crippen LogP contribution in [0.3, 0.4) is 0 Å². The minimum atomic E-state index is -0.568. The van der Waals surface area contributed by atoms with Crippen LogP contribution in [0.2, 0.25) is 0 Å². The lowest BCUT2D eigenvalue weighted by atomic mass is 10.1. The van der Waals surface area contributed by atoms with Crippen LogP contribution in [0, 0.1) is 18.8 Å². The summed E-state index contributed by atoms with van der Waals surface area (Å²) in [4.78, 5) is 23.9. The van der Waals surface area contributed by atoms with Gasteiger partial charge in [-0.05, 0) is 64.8 Å². The SMILES string of the molecule is COCC[C@H]1C[C@H](n2cc(C#Cc3ccc4c(c3)nc(C)n4C)c3c(N)nccc32)CN1C(=O)OC(C)(C)C. The van der Waals surface area contributed by atoms with Crippen LogP contribution in [0.5, 0.6) is 0 Å². The molecule has 3 aromatic heterocycles. The second-order valence-corrected chi connectivity index (χ2v) is 11.2. The van der Waals surface area contributed by atoms with Gasteiger partial charge in [0, 0.05) is 51.3 Å². The van der Waals surface area contributed by atoms with Crippen molar-refractivity contribution in [1.29, 1.82) is 0 Å². The van der Waals surface area contributed by atoms with Gasteiger partial charge >= 0.3 is 6.09 Å². The lowest BCUT2D eigenvalue weighted by Crippen LogP contribution is -2.40. The van der Waals surface area contributed by atoms with Crippen molar-refractivity contribution in [3.63, 3.8) is 0 Å². The Kier molecular flexibility index (Phi) is 7.00. The molecule has 0 spiro atoms. The minimum absolute atomic E-state index is 0.00419. The van der Waals surface area contributed by atoms with Gasteiger partial charge in [-0.25, -0.2) is 14.8 Å². The third-order valence-electron chi connectivity index (χ3n) is 7.29.